The fraction of sp³-hybridized carbons (Fsp3) is 0.0556. The zero-order chi connectivity index (χ0) is 22.4. The first kappa shape index (κ1) is 21.0. The molecule has 1 amide bonds. The van der Waals surface area contributed by atoms with Gasteiger partial charge in [-0.25, -0.2) is 14.4 Å². The minimum Gasteiger partial charge on any atom is -0.360 e. The molecule has 0 saturated carbocycles. The summed E-state index contributed by atoms with van der Waals surface area (Å²) in [5.41, 5.74) is 4.65. The number of nitro benzene ring substituents is 1. The first-order valence-corrected chi connectivity index (χ1v) is 8.63. The van der Waals surface area contributed by atoms with Crippen molar-refractivity contribution in [3.05, 3.63) is 92.0 Å². The molecule has 0 bridgehead atoms. The molecule has 1 aromatic heterocycles. The minimum absolute atomic E-state index is 0.0875. The van der Waals surface area contributed by atoms with E-state index in [9.17, 15) is 29.4 Å². The molecule has 3 rings (SSSR count). The molecule has 3 N–H and O–H groups in total. The van der Waals surface area contributed by atoms with Crippen molar-refractivity contribution in [2.24, 2.45) is 0 Å². The van der Waals surface area contributed by atoms with Crippen molar-refractivity contribution in [1.29, 1.82) is 0 Å². The average molecular weight is 427 g/mol. The predicted molar refractivity (Wildman–Crippen MR) is 107 cm³/mol. The highest BCUT2D eigenvalue weighted by atomic mass is 19.1. The zero-order valence-electron chi connectivity index (χ0n) is 15.6. The van der Waals surface area contributed by atoms with Crippen LogP contribution in [0, 0.1) is 26.0 Å². The number of rotatable bonds is 8. The summed E-state index contributed by atoms with van der Waals surface area (Å²) in [6.45, 7) is 0.132. The molecule has 2 aromatic carbocycles. The Labute approximate surface area is 173 Å². The van der Waals surface area contributed by atoms with Gasteiger partial charge in [-0.05, 0) is 29.8 Å². The summed E-state index contributed by atoms with van der Waals surface area (Å²) < 4.78 is 13.0. The quantitative estimate of drug-likeness (QED) is 0.362. The Balaban J connectivity index is 1.72. The Morgan fingerprint density at radius 2 is 1.58 bits per heavy atom. The third-order valence-corrected chi connectivity index (χ3v) is 4.01. The highest BCUT2D eigenvalue weighted by molar-refractivity contribution is 5.95. The van der Waals surface area contributed by atoms with E-state index in [-0.39, 0.29) is 29.4 Å². The SMILES string of the molecule is O=C(NNc1ncnc(NCc2ccc(F)cc2)c1[N+](=O)[O-])c1ccc([N+](=O)[O-])cc1. The number of non-ortho nitro benzene ring substituents is 1. The van der Waals surface area contributed by atoms with E-state index in [1.54, 1.807) is 0 Å². The van der Waals surface area contributed by atoms with E-state index in [1.165, 1.54) is 36.4 Å². The molecule has 31 heavy (non-hydrogen) atoms. The first-order valence-electron chi connectivity index (χ1n) is 8.63. The van der Waals surface area contributed by atoms with Gasteiger partial charge in [0.15, 0.2) is 0 Å². The second-order valence-electron chi connectivity index (χ2n) is 6.04. The van der Waals surface area contributed by atoms with E-state index in [4.69, 9.17) is 0 Å². The van der Waals surface area contributed by atoms with Crippen molar-refractivity contribution in [2.75, 3.05) is 10.7 Å². The largest absolute Gasteiger partial charge is 0.360 e. The number of nitrogens with zero attached hydrogens (tertiary/aromatic N) is 4. The molecular formula is C18H14FN7O5. The number of hydrazine groups is 1. The number of nitro groups is 2. The van der Waals surface area contributed by atoms with Gasteiger partial charge < -0.3 is 5.32 Å². The van der Waals surface area contributed by atoms with E-state index < -0.39 is 27.3 Å². The number of benzene rings is 2. The van der Waals surface area contributed by atoms with E-state index >= 15 is 0 Å². The van der Waals surface area contributed by atoms with Gasteiger partial charge in [-0.3, -0.25) is 35.9 Å². The van der Waals surface area contributed by atoms with Crippen molar-refractivity contribution in [1.82, 2.24) is 15.4 Å². The monoisotopic (exact) mass is 427 g/mol. The summed E-state index contributed by atoms with van der Waals surface area (Å²) in [5, 5.41) is 25.0. The lowest BCUT2D eigenvalue weighted by Crippen LogP contribution is -2.30. The first-order chi connectivity index (χ1) is 14.8. The van der Waals surface area contributed by atoms with Crippen LogP contribution in [0.2, 0.25) is 0 Å². The summed E-state index contributed by atoms with van der Waals surface area (Å²) >= 11 is 0. The van der Waals surface area contributed by atoms with Crippen LogP contribution < -0.4 is 16.2 Å². The third kappa shape index (κ3) is 5.23. The number of aromatic nitrogens is 2. The third-order valence-electron chi connectivity index (χ3n) is 4.01. The highest BCUT2D eigenvalue weighted by Crippen LogP contribution is 2.28. The molecule has 0 unspecified atom stereocenters. The van der Waals surface area contributed by atoms with Gasteiger partial charge in [0.2, 0.25) is 11.6 Å². The number of amides is 1. The molecule has 0 aliphatic rings. The molecular weight excluding hydrogens is 413 g/mol. The maximum Gasteiger partial charge on any atom is 0.354 e. The van der Waals surface area contributed by atoms with Crippen LogP contribution in [0.4, 0.5) is 27.4 Å². The number of halogens is 1. The Bertz CT molecular complexity index is 1120. The lowest BCUT2D eigenvalue weighted by atomic mass is 10.2. The van der Waals surface area contributed by atoms with E-state index in [1.807, 2.05) is 0 Å². The molecule has 13 heteroatoms. The summed E-state index contributed by atoms with van der Waals surface area (Å²) in [6.07, 6.45) is 1.06. The fourth-order valence-corrected chi connectivity index (χ4v) is 2.48. The highest BCUT2D eigenvalue weighted by Gasteiger charge is 2.23. The normalized spacial score (nSPS) is 10.2. The second kappa shape index (κ2) is 9.21. The topological polar surface area (TPSA) is 165 Å². The smallest absolute Gasteiger partial charge is 0.354 e. The Morgan fingerprint density at radius 3 is 2.19 bits per heavy atom. The van der Waals surface area contributed by atoms with Crippen LogP contribution in [0.15, 0.2) is 54.9 Å². The summed E-state index contributed by atoms with van der Waals surface area (Å²) in [4.78, 5) is 40.7. The molecule has 0 fully saturated rings. The number of hydrogen-bond acceptors (Lipinski definition) is 9. The van der Waals surface area contributed by atoms with Gasteiger partial charge in [0.1, 0.15) is 12.1 Å². The van der Waals surface area contributed by atoms with Crippen LogP contribution in [0.25, 0.3) is 0 Å². The van der Waals surface area contributed by atoms with Crippen molar-refractivity contribution in [2.45, 2.75) is 6.54 Å². The van der Waals surface area contributed by atoms with Gasteiger partial charge in [-0.2, -0.15) is 0 Å². The molecule has 0 atom stereocenters. The molecule has 12 nitrogen and oxygen atoms in total. The number of carbonyl (C=O) groups excluding carboxylic acids is 1. The molecule has 158 valence electrons. The van der Waals surface area contributed by atoms with Crippen LogP contribution >= 0.6 is 0 Å². The standard InChI is InChI=1S/C18H14FN7O5/c19-13-5-1-11(2-6-13)9-20-16-15(26(30)31)17(22-10-21-16)23-24-18(27)12-3-7-14(8-4-12)25(28)29/h1-8,10H,9H2,(H,24,27)(H2,20,21,22,23). The molecule has 0 aliphatic carbocycles. The number of carbonyl (C=O) groups is 1. The number of nitrogens with one attached hydrogen (secondary N) is 3. The van der Waals surface area contributed by atoms with E-state index in [2.05, 4.69) is 26.1 Å². The van der Waals surface area contributed by atoms with Crippen molar-refractivity contribution < 1.29 is 19.0 Å². The molecule has 0 spiro atoms. The molecule has 0 radical (unpaired) electrons. The summed E-state index contributed by atoms with van der Waals surface area (Å²) in [6, 6.07) is 10.3. The number of anilines is 2. The fourth-order valence-electron chi connectivity index (χ4n) is 2.48. The maximum absolute atomic E-state index is 13.0. The second-order valence-corrected chi connectivity index (χ2v) is 6.04. The summed E-state index contributed by atoms with van der Waals surface area (Å²) in [7, 11) is 0. The van der Waals surface area contributed by atoms with Crippen molar-refractivity contribution in [3.8, 4) is 0 Å². The lowest BCUT2D eigenvalue weighted by Gasteiger charge is -2.11. The van der Waals surface area contributed by atoms with Gasteiger partial charge in [0.05, 0.1) is 9.85 Å². The van der Waals surface area contributed by atoms with Gasteiger partial charge in [0, 0.05) is 24.2 Å². The van der Waals surface area contributed by atoms with Crippen LogP contribution in [-0.2, 0) is 6.54 Å². The molecule has 0 aliphatic heterocycles. The number of hydrogen-bond donors (Lipinski definition) is 3. The Kier molecular flexibility index (Phi) is 6.25. The van der Waals surface area contributed by atoms with Crippen LogP contribution in [0.3, 0.4) is 0 Å². The maximum atomic E-state index is 13.0. The van der Waals surface area contributed by atoms with E-state index in [0.717, 1.165) is 18.5 Å². The lowest BCUT2D eigenvalue weighted by molar-refractivity contribution is -0.384. The van der Waals surface area contributed by atoms with Crippen LogP contribution in [0.1, 0.15) is 15.9 Å². The molecule has 3 aromatic rings. The summed E-state index contributed by atoms with van der Waals surface area (Å²) in [5.74, 6) is -1.50. The van der Waals surface area contributed by atoms with Crippen LogP contribution in [-0.4, -0.2) is 25.7 Å². The van der Waals surface area contributed by atoms with Crippen molar-refractivity contribution in [3.63, 3.8) is 0 Å². The van der Waals surface area contributed by atoms with Gasteiger partial charge >= 0.3 is 5.69 Å². The predicted octanol–water partition coefficient (Wildman–Crippen LogP) is 2.80. The average Bonchev–Trinajstić information content (AvgIpc) is 2.76. The molecule has 1 heterocycles. The Morgan fingerprint density at radius 1 is 0.935 bits per heavy atom. The van der Waals surface area contributed by atoms with Gasteiger partial charge in [-0.1, -0.05) is 12.1 Å². The van der Waals surface area contributed by atoms with Gasteiger partial charge in [0.25, 0.3) is 11.6 Å². The van der Waals surface area contributed by atoms with Gasteiger partial charge in [-0.15, -0.1) is 0 Å². The van der Waals surface area contributed by atoms with E-state index in [0.29, 0.717) is 5.56 Å². The minimum atomic E-state index is -0.729. The van der Waals surface area contributed by atoms with Crippen LogP contribution in [0.5, 0.6) is 0 Å². The zero-order valence-corrected chi connectivity index (χ0v) is 15.6. The van der Waals surface area contributed by atoms with Crippen molar-refractivity contribution >= 4 is 28.9 Å². The molecule has 0 saturated heterocycles. The Hall–Kier alpha value is -4.68.